The van der Waals surface area contributed by atoms with Crippen LogP contribution in [0.3, 0.4) is 0 Å². The second-order valence-electron chi connectivity index (χ2n) is 11.4. The molecule has 14 heteroatoms. The van der Waals surface area contributed by atoms with E-state index in [0.717, 1.165) is 10.9 Å². The first-order chi connectivity index (χ1) is 21.2. The van der Waals surface area contributed by atoms with Gasteiger partial charge in [-0.1, -0.05) is 18.2 Å². The normalized spacial score (nSPS) is 11.2. The molecule has 0 unspecified atom stereocenters. The number of nitrogens with one attached hydrogen (secondary N) is 1. The van der Waals surface area contributed by atoms with Gasteiger partial charge in [0.1, 0.15) is 22.6 Å². The lowest BCUT2D eigenvalue weighted by Crippen LogP contribution is -2.38. The van der Waals surface area contributed by atoms with Crippen LogP contribution in [-0.2, 0) is 16.5 Å². The number of anilines is 3. The van der Waals surface area contributed by atoms with Crippen LogP contribution in [0.2, 0.25) is 0 Å². The molecular formula is C31H37N7O7. The van der Waals surface area contributed by atoms with Gasteiger partial charge in [0.15, 0.2) is 0 Å². The molecule has 2 aromatic carbocycles. The number of fused-ring (bicyclic) bond motifs is 1. The highest BCUT2D eigenvalue weighted by molar-refractivity contribution is 6.03. The first-order valence-corrected chi connectivity index (χ1v) is 14.0. The van der Waals surface area contributed by atoms with Crippen molar-refractivity contribution in [3.8, 4) is 17.0 Å². The van der Waals surface area contributed by atoms with Gasteiger partial charge >= 0.3 is 12.1 Å². The fraction of sp³-hybridized carbons (Fsp3) is 0.355. The average Bonchev–Trinajstić information content (AvgIpc) is 3.34. The highest BCUT2D eigenvalue weighted by atomic mass is 16.6. The molecule has 45 heavy (non-hydrogen) atoms. The molecule has 238 valence electrons. The number of nitrogens with zero attached hydrogens (tertiary/aromatic N) is 6. The van der Waals surface area contributed by atoms with Crippen molar-refractivity contribution in [1.82, 2.24) is 19.4 Å². The molecule has 0 radical (unpaired) electrons. The summed E-state index contributed by atoms with van der Waals surface area (Å²) in [5.74, 6) is -0.240. The first-order valence-electron chi connectivity index (χ1n) is 14.0. The van der Waals surface area contributed by atoms with E-state index in [1.807, 2.05) is 42.1 Å². The highest BCUT2D eigenvalue weighted by Crippen LogP contribution is 2.39. The van der Waals surface area contributed by atoms with E-state index in [9.17, 15) is 19.7 Å². The van der Waals surface area contributed by atoms with E-state index in [2.05, 4.69) is 15.3 Å². The zero-order chi connectivity index (χ0) is 33.1. The van der Waals surface area contributed by atoms with Crippen molar-refractivity contribution >= 4 is 46.0 Å². The lowest BCUT2D eigenvalue weighted by molar-refractivity contribution is -0.384. The molecule has 0 aliphatic carbocycles. The van der Waals surface area contributed by atoms with Gasteiger partial charge in [0.05, 0.1) is 30.5 Å². The van der Waals surface area contributed by atoms with Gasteiger partial charge in [0, 0.05) is 75.2 Å². The Morgan fingerprint density at radius 3 is 2.47 bits per heavy atom. The van der Waals surface area contributed by atoms with Crippen molar-refractivity contribution in [2.24, 2.45) is 7.05 Å². The lowest BCUT2D eigenvalue weighted by Gasteiger charge is -2.27. The van der Waals surface area contributed by atoms with Crippen molar-refractivity contribution in [2.45, 2.75) is 26.4 Å². The van der Waals surface area contributed by atoms with Crippen LogP contribution >= 0.6 is 0 Å². The Morgan fingerprint density at radius 2 is 1.82 bits per heavy atom. The van der Waals surface area contributed by atoms with Crippen LogP contribution in [-0.4, -0.2) is 83.4 Å². The van der Waals surface area contributed by atoms with E-state index >= 15 is 0 Å². The quantitative estimate of drug-likeness (QED) is 0.138. The van der Waals surface area contributed by atoms with Gasteiger partial charge in [-0.15, -0.1) is 0 Å². The Kier molecular flexibility index (Phi) is 9.45. The highest BCUT2D eigenvalue weighted by Gasteiger charge is 2.25. The number of likely N-dealkylation sites (N-methyl/N-ethyl adjacent to an activating group) is 2. The number of nitro benzene ring substituents is 1. The molecule has 1 N–H and O–H groups in total. The number of ether oxygens (including phenoxy) is 3. The van der Waals surface area contributed by atoms with Crippen LogP contribution in [0.1, 0.15) is 31.1 Å². The fourth-order valence-corrected chi connectivity index (χ4v) is 4.69. The standard InChI is InChI=1S/C31H37N7O7/c1-31(2,3)45-30(40)36(5)14-13-35(4)24-16-26(43-7)22(15-25(24)38(41)42)33-29-32-17-20(28(39)44-8)27(34-29)21-18-37(6)23-12-10-9-11-19(21)23/h9-12,15-18H,13-14H2,1-8H3,(H,32,33,34). The molecule has 0 aliphatic rings. The maximum atomic E-state index is 12.7. The summed E-state index contributed by atoms with van der Waals surface area (Å²) in [7, 11) is 7.89. The van der Waals surface area contributed by atoms with Gasteiger partial charge in [0.2, 0.25) is 5.95 Å². The molecule has 0 aliphatic heterocycles. The molecule has 4 rings (SSSR count). The van der Waals surface area contributed by atoms with Crippen LogP contribution in [0, 0.1) is 10.1 Å². The summed E-state index contributed by atoms with van der Waals surface area (Å²) in [6.07, 6.45) is 2.71. The van der Waals surface area contributed by atoms with E-state index in [0.29, 0.717) is 11.3 Å². The molecule has 0 atom stereocenters. The summed E-state index contributed by atoms with van der Waals surface area (Å²) in [6.45, 7) is 5.86. The monoisotopic (exact) mass is 619 g/mol. The molecule has 0 saturated heterocycles. The number of hydrogen-bond donors (Lipinski definition) is 1. The van der Waals surface area contributed by atoms with Gasteiger partial charge in [-0.25, -0.2) is 19.6 Å². The molecule has 0 spiro atoms. The Labute approximate surface area is 260 Å². The Hall–Kier alpha value is -5.40. The summed E-state index contributed by atoms with van der Waals surface area (Å²) in [6, 6.07) is 10.5. The van der Waals surface area contributed by atoms with Crippen molar-refractivity contribution < 1.29 is 28.7 Å². The number of nitro groups is 1. The third-order valence-corrected chi connectivity index (χ3v) is 6.97. The summed E-state index contributed by atoms with van der Waals surface area (Å²) >= 11 is 0. The molecule has 1 amide bonds. The van der Waals surface area contributed by atoms with Crippen LogP contribution in [0.15, 0.2) is 48.8 Å². The summed E-state index contributed by atoms with van der Waals surface area (Å²) in [5, 5.41) is 16.1. The molecular weight excluding hydrogens is 582 g/mol. The van der Waals surface area contributed by atoms with Crippen LogP contribution in [0.25, 0.3) is 22.2 Å². The van der Waals surface area contributed by atoms with Gasteiger partial charge in [-0.05, 0) is 26.8 Å². The molecule has 0 bridgehead atoms. The smallest absolute Gasteiger partial charge is 0.410 e. The van der Waals surface area contributed by atoms with Crippen molar-refractivity contribution in [3.63, 3.8) is 0 Å². The Morgan fingerprint density at radius 1 is 1.11 bits per heavy atom. The number of rotatable bonds is 10. The second-order valence-corrected chi connectivity index (χ2v) is 11.4. The van der Waals surface area contributed by atoms with Crippen molar-refractivity contribution in [3.05, 3.63) is 64.5 Å². The van der Waals surface area contributed by atoms with E-state index in [1.54, 1.807) is 39.8 Å². The van der Waals surface area contributed by atoms with E-state index in [-0.39, 0.29) is 47.4 Å². The molecule has 4 aromatic rings. The van der Waals surface area contributed by atoms with E-state index in [4.69, 9.17) is 14.2 Å². The van der Waals surface area contributed by atoms with E-state index in [1.165, 1.54) is 37.4 Å². The van der Waals surface area contributed by atoms with Gasteiger partial charge in [-0.2, -0.15) is 0 Å². The topological polar surface area (TPSA) is 154 Å². The number of aryl methyl sites for hydroxylation is 1. The van der Waals surface area contributed by atoms with Crippen molar-refractivity contribution in [1.29, 1.82) is 0 Å². The lowest BCUT2D eigenvalue weighted by atomic mass is 10.1. The fourth-order valence-electron chi connectivity index (χ4n) is 4.69. The Bertz CT molecular complexity index is 1750. The molecule has 0 fully saturated rings. The molecule has 2 aromatic heterocycles. The van der Waals surface area contributed by atoms with Crippen LogP contribution < -0.4 is 15.0 Å². The van der Waals surface area contributed by atoms with E-state index < -0.39 is 22.6 Å². The number of amides is 1. The summed E-state index contributed by atoms with van der Waals surface area (Å²) in [4.78, 5) is 48.7. The van der Waals surface area contributed by atoms with Crippen LogP contribution in [0.5, 0.6) is 5.75 Å². The average molecular weight is 620 g/mol. The first kappa shape index (κ1) is 32.5. The predicted octanol–water partition coefficient (Wildman–Crippen LogP) is 5.39. The maximum absolute atomic E-state index is 12.7. The number of esters is 1. The zero-order valence-corrected chi connectivity index (χ0v) is 26.6. The maximum Gasteiger partial charge on any atom is 0.410 e. The largest absolute Gasteiger partial charge is 0.494 e. The van der Waals surface area contributed by atoms with Gasteiger partial charge < -0.3 is 33.9 Å². The number of carbonyl (C=O) groups excluding carboxylic acids is 2. The molecule has 14 nitrogen and oxygen atoms in total. The number of carbonyl (C=O) groups is 2. The Balaban J connectivity index is 1.68. The summed E-state index contributed by atoms with van der Waals surface area (Å²) in [5.41, 5.74) is 1.77. The molecule has 0 saturated carbocycles. The number of para-hydroxylation sites is 1. The predicted molar refractivity (Wildman–Crippen MR) is 170 cm³/mol. The van der Waals surface area contributed by atoms with Crippen LogP contribution in [0.4, 0.5) is 27.8 Å². The minimum atomic E-state index is -0.648. The molecule has 2 heterocycles. The number of aromatic nitrogens is 3. The SMILES string of the molecule is COC(=O)c1cnc(Nc2cc([N+](=O)[O-])c(N(C)CCN(C)C(=O)OC(C)(C)C)cc2OC)nc1-c1cn(C)c2ccccc12. The number of benzene rings is 2. The third kappa shape index (κ3) is 7.22. The second kappa shape index (κ2) is 13.1. The number of hydrogen-bond acceptors (Lipinski definition) is 11. The number of methoxy groups -OCH3 is 2. The minimum absolute atomic E-state index is 0.0817. The third-order valence-electron chi connectivity index (χ3n) is 6.97. The van der Waals surface area contributed by atoms with Crippen molar-refractivity contribution in [2.75, 3.05) is 51.6 Å². The summed E-state index contributed by atoms with van der Waals surface area (Å²) < 4.78 is 17.9. The van der Waals surface area contributed by atoms with Gasteiger partial charge in [0.25, 0.3) is 5.69 Å². The van der Waals surface area contributed by atoms with Gasteiger partial charge in [-0.3, -0.25) is 10.1 Å². The minimum Gasteiger partial charge on any atom is -0.494 e. The zero-order valence-electron chi connectivity index (χ0n) is 26.6.